The minimum atomic E-state index is -0.858. The van der Waals surface area contributed by atoms with E-state index in [1.807, 2.05) is 5.32 Å². The zero-order valence-electron chi connectivity index (χ0n) is 6.93. The lowest BCUT2D eigenvalue weighted by Crippen LogP contribution is -2.37. The van der Waals surface area contributed by atoms with E-state index in [0.717, 1.165) is 6.07 Å². The van der Waals surface area contributed by atoms with Crippen LogP contribution in [0.3, 0.4) is 0 Å². The van der Waals surface area contributed by atoms with Crippen LogP contribution >= 0.6 is 0 Å². The van der Waals surface area contributed by atoms with Gasteiger partial charge in [-0.1, -0.05) is 0 Å². The van der Waals surface area contributed by atoms with Crippen molar-refractivity contribution in [2.45, 2.75) is 6.42 Å². The smallest absolute Gasteiger partial charge is 0.258 e. The Morgan fingerprint density at radius 1 is 1.21 bits per heavy atom. The highest BCUT2D eigenvalue weighted by molar-refractivity contribution is 6.09. The van der Waals surface area contributed by atoms with Gasteiger partial charge in [-0.3, -0.25) is 14.9 Å². The Morgan fingerprint density at radius 3 is 2.64 bits per heavy atom. The number of fused-ring (bicyclic) bond motifs is 1. The van der Waals surface area contributed by atoms with Gasteiger partial charge in [-0.05, 0) is 6.07 Å². The minimum Gasteiger partial charge on any atom is -0.292 e. The molecule has 72 valence electrons. The summed E-state index contributed by atoms with van der Waals surface area (Å²) in [7, 11) is 0. The van der Waals surface area contributed by atoms with Crippen molar-refractivity contribution in [2.24, 2.45) is 0 Å². The Balaban J connectivity index is 2.64. The molecule has 1 N–H and O–H groups in total. The van der Waals surface area contributed by atoms with Gasteiger partial charge in [0.05, 0.1) is 6.42 Å². The second-order valence-electron chi connectivity index (χ2n) is 2.97. The van der Waals surface area contributed by atoms with Gasteiger partial charge in [-0.2, -0.15) is 0 Å². The topological polar surface area (TPSA) is 46.2 Å². The fourth-order valence-electron chi connectivity index (χ4n) is 1.38. The molecule has 0 atom stereocenters. The molecular formula is C9H5F2NO2. The van der Waals surface area contributed by atoms with Gasteiger partial charge in [0.15, 0.2) is 0 Å². The van der Waals surface area contributed by atoms with Gasteiger partial charge in [0.25, 0.3) is 5.91 Å². The Morgan fingerprint density at radius 2 is 1.93 bits per heavy atom. The Bertz CT molecular complexity index is 443. The van der Waals surface area contributed by atoms with Crippen LogP contribution in [0, 0.1) is 11.6 Å². The van der Waals surface area contributed by atoms with Crippen LogP contribution in [0.15, 0.2) is 12.1 Å². The normalized spacial score (nSPS) is 15.0. The van der Waals surface area contributed by atoms with Crippen molar-refractivity contribution >= 4 is 11.8 Å². The van der Waals surface area contributed by atoms with Crippen LogP contribution in [0.5, 0.6) is 0 Å². The molecule has 0 spiro atoms. The van der Waals surface area contributed by atoms with E-state index in [-0.39, 0.29) is 17.5 Å². The molecule has 1 aromatic rings. The molecule has 1 aliphatic rings. The van der Waals surface area contributed by atoms with Gasteiger partial charge in [-0.15, -0.1) is 0 Å². The molecule has 5 heteroatoms. The summed E-state index contributed by atoms with van der Waals surface area (Å²) in [5.41, 5.74) is -0.151. The van der Waals surface area contributed by atoms with E-state index < -0.39 is 23.4 Å². The molecule has 0 saturated carbocycles. The highest BCUT2D eigenvalue weighted by Crippen LogP contribution is 2.19. The predicted molar refractivity (Wildman–Crippen MR) is 42.5 cm³/mol. The molecule has 2 amide bonds. The maximum atomic E-state index is 13.1. The third kappa shape index (κ3) is 1.26. The van der Waals surface area contributed by atoms with Gasteiger partial charge in [-0.25, -0.2) is 8.78 Å². The molecule has 1 aromatic carbocycles. The number of hydrogen-bond acceptors (Lipinski definition) is 2. The van der Waals surface area contributed by atoms with Crippen molar-refractivity contribution in [1.29, 1.82) is 0 Å². The molecule has 2 rings (SSSR count). The van der Waals surface area contributed by atoms with Gasteiger partial charge in [0, 0.05) is 17.2 Å². The van der Waals surface area contributed by atoms with Gasteiger partial charge < -0.3 is 0 Å². The molecule has 0 unspecified atom stereocenters. The summed E-state index contributed by atoms with van der Waals surface area (Å²) in [6.45, 7) is 0. The molecule has 0 radical (unpaired) electrons. The number of halogens is 2. The zero-order valence-corrected chi connectivity index (χ0v) is 6.93. The molecule has 0 saturated heterocycles. The monoisotopic (exact) mass is 197 g/mol. The van der Waals surface area contributed by atoms with E-state index in [1.54, 1.807) is 0 Å². The second-order valence-corrected chi connectivity index (χ2v) is 2.97. The van der Waals surface area contributed by atoms with Crippen LogP contribution < -0.4 is 5.32 Å². The lowest BCUT2D eigenvalue weighted by Gasteiger charge is -2.15. The van der Waals surface area contributed by atoms with E-state index in [1.165, 1.54) is 0 Å². The molecule has 1 heterocycles. The number of rotatable bonds is 0. The van der Waals surface area contributed by atoms with Crippen molar-refractivity contribution in [1.82, 2.24) is 5.32 Å². The van der Waals surface area contributed by atoms with Crippen molar-refractivity contribution in [3.63, 3.8) is 0 Å². The molecule has 0 bridgehead atoms. The van der Waals surface area contributed by atoms with E-state index in [9.17, 15) is 18.4 Å². The second kappa shape index (κ2) is 2.87. The SMILES string of the molecule is O=C1Cc2c(F)cc(F)cc2C(=O)N1. The van der Waals surface area contributed by atoms with Gasteiger partial charge in [0.1, 0.15) is 11.6 Å². The summed E-state index contributed by atoms with van der Waals surface area (Å²) in [5.74, 6) is -3.02. The molecule has 3 nitrogen and oxygen atoms in total. The Hall–Kier alpha value is -1.78. The quantitative estimate of drug-likeness (QED) is 0.624. The van der Waals surface area contributed by atoms with E-state index in [4.69, 9.17) is 0 Å². The summed E-state index contributed by atoms with van der Waals surface area (Å²) in [4.78, 5) is 22.0. The highest BCUT2D eigenvalue weighted by atomic mass is 19.1. The van der Waals surface area contributed by atoms with Crippen molar-refractivity contribution in [3.8, 4) is 0 Å². The van der Waals surface area contributed by atoms with E-state index >= 15 is 0 Å². The standard InChI is InChI=1S/C9H5F2NO2/c10-4-1-6-5(7(11)2-4)3-8(13)12-9(6)14/h1-2H,3H2,(H,12,13,14). The van der Waals surface area contributed by atoms with Gasteiger partial charge >= 0.3 is 0 Å². The summed E-state index contributed by atoms with van der Waals surface area (Å²) < 4.78 is 25.8. The maximum Gasteiger partial charge on any atom is 0.258 e. The fraction of sp³-hybridized carbons (Fsp3) is 0.111. The lowest BCUT2D eigenvalue weighted by molar-refractivity contribution is -0.119. The zero-order chi connectivity index (χ0) is 10.3. The number of benzene rings is 1. The first-order valence-electron chi connectivity index (χ1n) is 3.90. The average Bonchev–Trinajstić information content (AvgIpc) is 2.07. The van der Waals surface area contributed by atoms with Crippen LogP contribution in [0.4, 0.5) is 8.78 Å². The first-order valence-corrected chi connectivity index (χ1v) is 3.90. The molecule has 14 heavy (non-hydrogen) atoms. The van der Waals surface area contributed by atoms with Crippen LogP contribution in [0.25, 0.3) is 0 Å². The number of hydrogen-bond donors (Lipinski definition) is 1. The largest absolute Gasteiger partial charge is 0.292 e. The van der Waals surface area contributed by atoms with Crippen molar-refractivity contribution in [2.75, 3.05) is 0 Å². The Kier molecular flexibility index (Phi) is 1.80. The third-order valence-corrected chi connectivity index (χ3v) is 2.00. The molecule has 1 aliphatic heterocycles. The Labute approximate surface area is 77.7 Å². The van der Waals surface area contributed by atoms with Gasteiger partial charge in [0.2, 0.25) is 5.91 Å². The lowest BCUT2D eigenvalue weighted by atomic mass is 9.99. The van der Waals surface area contributed by atoms with E-state index in [0.29, 0.717) is 6.07 Å². The number of nitrogens with one attached hydrogen (secondary N) is 1. The van der Waals surface area contributed by atoms with Crippen LogP contribution in [0.1, 0.15) is 15.9 Å². The molecular weight excluding hydrogens is 192 g/mol. The first-order chi connectivity index (χ1) is 6.58. The van der Waals surface area contributed by atoms with Crippen LogP contribution in [-0.2, 0) is 11.2 Å². The predicted octanol–water partition coefficient (Wildman–Crippen LogP) is 0.777. The number of carbonyl (C=O) groups is 2. The molecule has 0 aliphatic carbocycles. The maximum absolute atomic E-state index is 13.1. The summed E-state index contributed by atoms with van der Waals surface area (Å²) in [6.07, 6.45) is -0.229. The highest BCUT2D eigenvalue weighted by Gasteiger charge is 2.25. The molecule has 0 aromatic heterocycles. The number of amides is 2. The summed E-state index contributed by atoms with van der Waals surface area (Å²) >= 11 is 0. The van der Waals surface area contributed by atoms with Crippen molar-refractivity contribution < 1.29 is 18.4 Å². The fourth-order valence-corrected chi connectivity index (χ4v) is 1.38. The first kappa shape index (κ1) is 8.80. The number of imide groups is 1. The molecule has 0 fully saturated rings. The third-order valence-electron chi connectivity index (χ3n) is 2.00. The number of carbonyl (C=O) groups excluding carboxylic acids is 2. The summed E-state index contributed by atoms with van der Waals surface area (Å²) in [5, 5.41) is 1.98. The van der Waals surface area contributed by atoms with Crippen molar-refractivity contribution in [3.05, 3.63) is 34.9 Å². The summed E-state index contributed by atoms with van der Waals surface area (Å²) in [6, 6.07) is 1.57. The van der Waals surface area contributed by atoms with Crippen LogP contribution in [0.2, 0.25) is 0 Å². The van der Waals surface area contributed by atoms with Crippen LogP contribution in [-0.4, -0.2) is 11.8 Å². The average molecular weight is 197 g/mol. The minimum absolute atomic E-state index is 0.0415. The van der Waals surface area contributed by atoms with E-state index in [2.05, 4.69) is 0 Å².